The van der Waals surface area contributed by atoms with E-state index in [1.807, 2.05) is 34.6 Å². The van der Waals surface area contributed by atoms with E-state index in [1.165, 1.54) is 64.2 Å². The number of alkyl carbamates (subject to hydrolysis) is 1. The number of hydrogen-bond donors (Lipinski definition) is 1. The number of unbranched alkanes of at least 4 members (excludes halogenated alkanes) is 10. The van der Waals surface area contributed by atoms with Crippen molar-refractivity contribution in [2.24, 2.45) is 0 Å². The van der Waals surface area contributed by atoms with Crippen LogP contribution in [0.2, 0.25) is 0 Å². The monoisotopic (exact) mass is 439 g/mol. The molecule has 5 nitrogen and oxygen atoms in total. The molecular weight excluding hydrogens is 390 g/mol. The normalized spacial score (nSPS) is 21.4. The van der Waals surface area contributed by atoms with Gasteiger partial charge in [-0.3, -0.25) is 0 Å². The maximum absolute atomic E-state index is 12.2. The topological polar surface area (TPSA) is 56.8 Å². The van der Waals surface area contributed by atoms with E-state index < -0.39 is 17.5 Å². The number of carbonyl (C=O) groups excluding carboxylic acids is 1. The van der Waals surface area contributed by atoms with Crippen LogP contribution in [0.3, 0.4) is 0 Å². The Morgan fingerprint density at radius 1 is 1.00 bits per heavy atom. The van der Waals surface area contributed by atoms with E-state index in [9.17, 15) is 4.79 Å². The lowest BCUT2D eigenvalue weighted by Gasteiger charge is -2.41. The first-order valence-corrected chi connectivity index (χ1v) is 12.6. The summed E-state index contributed by atoms with van der Waals surface area (Å²) in [5.41, 5.74) is -0.524. The standard InChI is InChI=1S/C26H49NO4/c1-7-8-9-10-11-12-13-14-15-16-17-18-19-20-23-22(21-29-26(5,6)30-23)27-24(28)31-25(2,3)4/h18-19,22-23H,7-17,20-21H2,1-6H3,(H,27,28)/b19-18+/t22-,23+/m0/s1. The van der Waals surface area contributed by atoms with E-state index in [0.29, 0.717) is 6.61 Å². The van der Waals surface area contributed by atoms with Crippen LogP contribution in [0.25, 0.3) is 0 Å². The third-order valence-corrected chi connectivity index (χ3v) is 5.46. The Balaban J connectivity index is 2.24. The number of nitrogens with one attached hydrogen (secondary N) is 1. The maximum Gasteiger partial charge on any atom is 0.408 e. The van der Waals surface area contributed by atoms with Gasteiger partial charge in [-0.15, -0.1) is 0 Å². The minimum Gasteiger partial charge on any atom is -0.444 e. The fraction of sp³-hybridized carbons (Fsp3) is 0.885. The Bertz CT molecular complexity index is 510. The zero-order valence-corrected chi connectivity index (χ0v) is 21.1. The molecule has 1 N–H and O–H groups in total. The highest BCUT2D eigenvalue weighted by atomic mass is 16.7. The van der Waals surface area contributed by atoms with Crippen molar-refractivity contribution in [3.63, 3.8) is 0 Å². The Kier molecular flexibility index (Phi) is 13.4. The van der Waals surface area contributed by atoms with Crippen LogP contribution in [0.15, 0.2) is 12.2 Å². The van der Waals surface area contributed by atoms with E-state index in [4.69, 9.17) is 14.2 Å². The molecule has 0 spiro atoms. The predicted octanol–water partition coefficient (Wildman–Crippen LogP) is 7.29. The average molecular weight is 440 g/mol. The quantitative estimate of drug-likeness (QED) is 0.228. The summed E-state index contributed by atoms with van der Waals surface area (Å²) in [6.07, 6.45) is 19.3. The van der Waals surface area contributed by atoms with E-state index in [0.717, 1.165) is 12.8 Å². The van der Waals surface area contributed by atoms with Gasteiger partial charge in [-0.1, -0.05) is 76.9 Å². The van der Waals surface area contributed by atoms with Gasteiger partial charge in [0, 0.05) is 0 Å². The molecule has 0 aromatic rings. The number of allylic oxidation sites excluding steroid dienone is 1. The zero-order chi connectivity index (χ0) is 23.2. The van der Waals surface area contributed by atoms with Gasteiger partial charge in [-0.05, 0) is 53.9 Å². The molecule has 1 fully saturated rings. The molecule has 1 aliphatic rings. The lowest BCUT2D eigenvalue weighted by molar-refractivity contribution is -0.280. The van der Waals surface area contributed by atoms with Gasteiger partial charge in [0.25, 0.3) is 0 Å². The molecule has 0 aromatic heterocycles. The van der Waals surface area contributed by atoms with Crippen LogP contribution < -0.4 is 5.32 Å². The molecule has 0 aromatic carbocycles. The fourth-order valence-corrected chi connectivity index (χ4v) is 3.78. The Morgan fingerprint density at radius 3 is 2.16 bits per heavy atom. The van der Waals surface area contributed by atoms with Gasteiger partial charge in [0.05, 0.1) is 18.8 Å². The first-order chi connectivity index (χ1) is 14.6. The number of carbonyl (C=O) groups is 1. The third-order valence-electron chi connectivity index (χ3n) is 5.46. The van der Waals surface area contributed by atoms with E-state index >= 15 is 0 Å². The van der Waals surface area contributed by atoms with E-state index in [2.05, 4.69) is 24.4 Å². The predicted molar refractivity (Wildman–Crippen MR) is 128 cm³/mol. The van der Waals surface area contributed by atoms with E-state index in [-0.39, 0.29) is 12.1 Å². The molecule has 1 rings (SSSR count). The summed E-state index contributed by atoms with van der Waals surface area (Å²) in [5.74, 6) is -0.638. The lowest BCUT2D eigenvalue weighted by Crippen LogP contribution is -2.56. The highest BCUT2D eigenvalue weighted by Crippen LogP contribution is 2.25. The van der Waals surface area contributed by atoms with Crippen LogP contribution in [0.1, 0.15) is 119 Å². The van der Waals surface area contributed by atoms with Crippen LogP contribution in [0.4, 0.5) is 4.79 Å². The van der Waals surface area contributed by atoms with Gasteiger partial charge in [-0.2, -0.15) is 0 Å². The highest BCUT2D eigenvalue weighted by Gasteiger charge is 2.37. The highest BCUT2D eigenvalue weighted by molar-refractivity contribution is 5.68. The van der Waals surface area contributed by atoms with E-state index in [1.54, 1.807) is 0 Å². The number of ether oxygens (including phenoxy) is 3. The van der Waals surface area contributed by atoms with Crippen molar-refractivity contribution in [2.75, 3.05) is 6.61 Å². The number of amides is 1. The summed E-state index contributed by atoms with van der Waals surface area (Å²) < 4.78 is 17.2. The summed E-state index contributed by atoms with van der Waals surface area (Å²) in [7, 11) is 0. The minimum atomic E-state index is -0.638. The molecule has 0 unspecified atom stereocenters. The second-order valence-corrected chi connectivity index (χ2v) is 10.3. The van der Waals surface area contributed by atoms with Crippen molar-refractivity contribution in [2.45, 2.75) is 142 Å². The molecule has 1 amide bonds. The van der Waals surface area contributed by atoms with Crippen LogP contribution in [-0.4, -0.2) is 36.2 Å². The lowest BCUT2D eigenvalue weighted by atomic mass is 10.0. The molecular formula is C26H49NO4. The zero-order valence-electron chi connectivity index (χ0n) is 21.1. The Hall–Kier alpha value is -1.07. The van der Waals surface area contributed by atoms with Gasteiger partial charge in [0.2, 0.25) is 0 Å². The molecule has 0 radical (unpaired) electrons. The van der Waals surface area contributed by atoms with Crippen molar-refractivity contribution in [3.05, 3.63) is 12.2 Å². The van der Waals surface area contributed by atoms with Crippen molar-refractivity contribution in [1.82, 2.24) is 5.32 Å². The molecule has 1 heterocycles. The van der Waals surface area contributed by atoms with Gasteiger partial charge >= 0.3 is 6.09 Å². The van der Waals surface area contributed by atoms with Gasteiger partial charge < -0.3 is 19.5 Å². The molecule has 5 heteroatoms. The Morgan fingerprint density at radius 2 is 1.58 bits per heavy atom. The molecule has 2 atom stereocenters. The summed E-state index contributed by atoms with van der Waals surface area (Å²) in [4.78, 5) is 12.2. The van der Waals surface area contributed by atoms with Crippen LogP contribution in [0.5, 0.6) is 0 Å². The van der Waals surface area contributed by atoms with Crippen LogP contribution in [-0.2, 0) is 14.2 Å². The van der Waals surface area contributed by atoms with Crippen molar-refractivity contribution in [3.8, 4) is 0 Å². The average Bonchev–Trinajstić information content (AvgIpc) is 2.65. The minimum absolute atomic E-state index is 0.125. The first kappa shape index (κ1) is 28.0. The Labute approximate surface area is 191 Å². The third kappa shape index (κ3) is 14.6. The summed E-state index contributed by atoms with van der Waals surface area (Å²) in [6.45, 7) is 12.1. The molecule has 1 saturated heterocycles. The summed E-state index contributed by atoms with van der Waals surface area (Å²) in [5, 5.41) is 2.91. The summed E-state index contributed by atoms with van der Waals surface area (Å²) in [6, 6.07) is -0.218. The second kappa shape index (κ2) is 14.9. The smallest absolute Gasteiger partial charge is 0.408 e. The van der Waals surface area contributed by atoms with Crippen molar-refractivity contribution >= 4 is 6.09 Å². The summed E-state index contributed by atoms with van der Waals surface area (Å²) >= 11 is 0. The first-order valence-electron chi connectivity index (χ1n) is 12.6. The van der Waals surface area contributed by atoms with Gasteiger partial charge in [0.15, 0.2) is 5.79 Å². The maximum atomic E-state index is 12.2. The van der Waals surface area contributed by atoms with Crippen LogP contribution in [0, 0.1) is 0 Å². The fourth-order valence-electron chi connectivity index (χ4n) is 3.78. The molecule has 0 saturated carbocycles. The molecule has 0 bridgehead atoms. The second-order valence-electron chi connectivity index (χ2n) is 10.3. The molecule has 0 aliphatic carbocycles. The van der Waals surface area contributed by atoms with Crippen molar-refractivity contribution in [1.29, 1.82) is 0 Å². The number of hydrogen-bond acceptors (Lipinski definition) is 4. The van der Waals surface area contributed by atoms with Gasteiger partial charge in [-0.25, -0.2) is 4.79 Å². The molecule has 1 aliphatic heterocycles. The number of rotatable bonds is 14. The van der Waals surface area contributed by atoms with Crippen LogP contribution >= 0.6 is 0 Å². The van der Waals surface area contributed by atoms with Gasteiger partial charge in [0.1, 0.15) is 5.60 Å². The molecule has 182 valence electrons. The largest absolute Gasteiger partial charge is 0.444 e. The SMILES string of the molecule is CCCCCCCCCCCC/C=C/C[C@H]1OC(C)(C)OC[C@@H]1NC(=O)OC(C)(C)C. The molecule has 31 heavy (non-hydrogen) atoms. The van der Waals surface area contributed by atoms with Crippen molar-refractivity contribution < 1.29 is 19.0 Å².